The molecule has 0 amide bonds. The van der Waals surface area contributed by atoms with Crippen molar-refractivity contribution in [3.05, 3.63) is 0 Å². The molecule has 4 nitrogen and oxygen atoms in total. The van der Waals surface area contributed by atoms with E-state index in [0.717, 1.165) is 45.1 Å². The highest BCUT2D eigenvalue weighted by Crippen LogP contribution is 2.31. The van der Waals surface area contributed by atoms with Gasteiger partial charge in [0.05, 0.1) is 12.0 Å². The van der Waals surface area contributed by atoms with Crippen LogP contribution in [-0.4, -0.2) is 34.9 Å². The van der Waals surface area contributed by atoms with Crippen molar-refractivity contribution in [3.63, 3.8) is 0 Å². The number of carboxylic acids is 1. The smallest absolute Gasteiger partial charge is 0.306 e. The molecule has 0 aromatic carbocycles. The minimum atomic E-state index is -0.652. The van der Waals surface area contributed by atoms with Crippen LogP contribution in [0.1, 0.15) is 51.4 Å². The predicted molar refractivity (Wildman–Crippen MR) is 69.3 cm³/mol. The van der Waals surface area contributed by atoms with Gasteiger partial charge in [-0.15, -0.1) is 0 Å². The summed E-state index contributed by atoms with van der Waals surface area (Å²) in [5, 5.41) is 22.6. The zero-order chi connectivity index (χ0) is 13.0. The fourth-order valence-corrected chi connectivity index (χ4v) is 3.44. The maximum atomic E-state index is 11.1. The van der Waals surface area contributed by atoms with Crippen molar-refractivity contribution in [2.24, 2.45) is 11.8 Å². The van der Waals surface area contributed by atoms with Crippen molar-refractivity contribution < 1.29 is 15.0 Å². The maximum absolute atomic E-state index is 11.1. The van der Waals surface area contributed by atoms with E-state index < -0.39 is 5.97 Å². The third kappa shape index (κ3) is 3.45. The van der Waals surface area contributed by atoms with Gasteiger partial charge in [0, 0.05) is 6.04 Å². The number of carbonyl (C=O) groups is 1. The molecule has 2 aliphatic rings. The van der Waals surface area contributed by atoms with Crippen LogP contribution in [0.2, 0.25) is 0 Å². The average Bonchev–Trinajstić information content (AvgIpc) is 2.71. The minimum Gasteiger partial charge on any atom is -0.481 e. The summed E-state index contributed by atoms with van der Waals surface area (Å²) in [7, 11) is 0. The topological polar surface area (TPSA) is 69.6 Å². The van der Waals surface area contributed by atoms with Crippen LogP contribution < -0.4 is 5.32 Å². The Morgan fingerprint density at radius 3 is 2.61 bits per heavy atom. The van der Waals surface area contributed by atoms with Crippen molar-refractivity contribution in [2.45, 2.75) is 63.5 Å². The van der Waals surface area contributed by atoms with E-state index in [1.54, 1.807) is 0 Å². The van der Waals surface area contributed by atoms with Gasteiger partial charge in [0.1, 0.15) is 0 Å². The van der Waals surface area contributed by atoms with E-state index >= 15 is 0 Å². The molecule has 0 heterocycles. The van der Waals surface area contributed by atoms with Crippen molar-refractivity contribution in [2.75, 3.05) is 6.54 Å². The molecular formula is C14H25NO3. The lowest BCUT2D eigenvalue weighted by atomic mass is 9.95. The lowest BCUT2D eigenvalue weighted by Crippen LogP contribution is -2.42. The summed E-state index contributed by atoms with van der Waals surface area (Å²) >= 11 is 0. The van der Waals surface area contributed by atoms with Crippen LogP contribution in [0.5, 0.6) is 0 Å². The van der Waals surface area contributed by atoms with Crippen molar-refractivity contribution in [1.29, 1.82) is 0 Å². The van der Waals surface area contributed by atoms with Crippen molar-refractivity contribution >= 4 is 5.97 Å². The number of nitrogens with one attached hydrogen (secondary N) is 1. The Bertz CT molecular complexity index is 282. The Labute approximate surface area is 109 Å². The molecule has 2 saturated carbocycles. The van der Waals surface area contributed by atoms with Gasteiger partial charge in [-0.3, -0.25) is 4.79 Å². The Balaban J connectivity index is 1.81. The van der Waals surface area contributed by atoms with E-state index in [1.165, 1.54) is 12.8 Å². The molecule has 0 radical (unpaired) electrons. The van der Waals surface area contributed by atoms with E-state index in [1.807, 2.05) is 0 Å². The van der Waals surface area contributed by atoms with Crippen LogP contribution in [0.15, 0.2) is 0 Å². The molecule has 3 N–H and O–H groups in total. The number of aliphatic carboxylic acids is 1. The third-order valence-electron chi connectivity index (χ3n) is 4.60. The van der Waals surface area contributed by atoms with Gasteiger partial charge in [0.15, 0.2) is 0 Å². The average molecular weight is 255 g/mol. The summed E-state index contributed by atoms with van der Waals surface area (Å²) < 4.78 is 0. The Kier molecular flexibility index (Phi) is 5.01. The lowest BCUT2D eigenvalue weighted by Gasteiger charge is -2.25. The molecule has 4 unspecified atom stereocenters. The summed E-state index contributed by atoms with van der Waals surface area (Å²) in [6, 6.07) is 0.169. The quantitative estimate of drug-likeness (QED) is 0.670. The van der Waals surface area contributed by atoms with E-state index in [2.05, 4.69) is 5.32 Å². The molecule has 18 heavy (non-hydrogen) atoms. The molecule has 0 aromatic heterocycles. The zero-order valence-corrected chi connectivity index (χ0v) is 11.0. The third-order valence-corrected chi connectivity index (χ3v) is 4.60. The number of hydrogen-bond acceptors (Lipinski definition) is 3. The number of hydrogen-bond donors (Lipinski definition) is 3. The maximum Gasteiger partial charge on any atom is 0.306 e. The molecular weight excluding hydrogens is 230 g/mol. The van der Waals surface area contributed by atoms with Gasteiger partial charge < -0.3 is 15.5 Å². The summed E-state index contributed by atoms with van der Waals surface area (Å²) in [6.45, 7) is 0.749. The second-order valence-corrected chi connectivity index (χ2v) is 5.86. The van der Waals surface area contributed by atoms with Gasteiger partial charge in [0.2, 0.25) is 0 Å². The van der Waals surface area contributed by atoms with Gasteiger partial charge in [-0.25, -0.2) is 0 Å². The second kappa shape index (κ2) is 6.53. The van der Waals surface area contributed by atoms with E-state index in [4.69, 9.17) is 5.11 Å². The first kappa shape index (κ1) is 13.8. The van der Waals surface area contributed by atoms with Gasteiger partial charge in [-0.2, -0.15) is 0 Å². The van der Waals surface area contributed by atoms with Gasteiger partial charge in [-0.05, 0) is 38.1 Å². The highest BCUT2D eigenvalue weighted by atomic mass is 16.4. The summed E-state index contributed by atoms with van der Waals surface area (Å²) in [6.07, 6.45) is 7.98. The normalized spacial score (nSPS) is 37.4. The van der Waals surface area contributed by atoms with Crippen molar-refractivity contribution in [3.8, 4) is 0 Å². The second-order valence-electron chi connectivity index (χ2n) is 5.86. The molecule has 4 atom stereocenters. The Hall–Kier alpha value is -0.610. The fourth-order valence-electron chi connectivity index (χ4n) is 3.44. The number of aliphatic hydroxyl groups is 1. The number of carboxylic acid groups (broad SMARTS) is 1. The molecule has 0 aromatic rings. The standard InChI is InChI=1S/C14H25NO3/c16-13-8-3-1-2-7-12(13)15-9-10-5-4-6-11(10)14(17)18/h10-13,15-16H,1-9H2,(H,17,18). The van der Waals surface area contributed by atoms with E-state index in [-0.39, 0.29) is 24.0 Å². The minimum absolute atomic E-state index is 0.169. The monoisotopic (exact) mass is 255 g/mol. The first-order valence-electron chi connectivity index (χ1n) is 7.32. The summed E-state index contributed by atoms with van der Waals surface area (Å²) in [4.78, 5) is 11.1. The molecule has 0 aliphatic heterocycles. The molecule has 0 bridgehead atoms. The molecule has 0 spiro atoms. The summed E-state index contributed by atoms with van der Waals surface area (Å²) in [5.74, 6) is -0.584. The predicted octanol–water partition coefficient (Wildman–Crippen LogP) is 1.77. The SMILES string of the molecule is O=C(O)C1CCCC1CNC1CCCCCC1O. The summed E-state index contributed by atoms with van der Waals surface area (Å²) in [5.41, 5.74) is 0. The van der Waals surface area contributed by atoms with E-state index in [9.17, 15) is 9.90 Å². The largest absolute Gasteiger partial charge is 0.481 e. The van der Waals surface area contributed by atoms with Gasteiger partial charge in [-0.1, -0.05) is 25.7 Å². The van der Waals surface area contributed by atoms with Crippen LogP contribution in [0.3, 0.4) is 0 Å². The van der Waals surface area contributed by atoms with Gasteiger partial charge >= 0.3 is 5.97 Å². The van der Waals surface area contributed by atoms with Crippen molar-refractivity contribution in [1.82, 2.24) is 5.32 Å². The van der Waals surface area contributed by atoms with Crippen LogP contribution in [0, 0.1) is 11.8 Å². The Morgan fingerprint density at radius 1 is 1.06 bits per heavy atom. The van der Waals surface area contributed by atoms with Crippen LogP contribution in [0.25, 0.3) is 0 Å². The molecule has 2 rings (SSSR count). The molecule has 4 heteroatoms. The van der Waals surface area contributed by atoms with Crippen LogP contribution in [0.4, 0.5) is 0 Å². The zero-order valence-electron chi connectivity index (χ0n) is 11.0. The highest BCUT2D eigenvalue weighted by Gasteiger charge is 2.33. The fraction of sp³-hybridized carbons (Fsp3) is 0.929. The van der Waals surface area contributed by atoms with Gasteiger partial charge in [0.25, 0.3) is 0 Å². The highest BCUT2D eigenvalue weighted by molar-refractivity contribution is 5.70. The Morgan fingerprint density at radius 2 is 1.83 bits per heavy atom. The molecule has 2 aliphatic carbocycles. The number of aliphatic hydroxyl groups excluding tert-OH is 1. The van der Waals surface area contributed by atoms with Crippen LogP contribution in [-0.2, 0) is 4.79 Å². The lowest BCUT2D eigenvalue weighted by molar-refractivity contribution is -0.142. The molecule has 2 fully saturated rings. The number of rotatable bonds is 4. The first-order valence-corrected chi connectivity index (χ1v) is 7.32. The first-order chi connectivity index (χ1) is 8.68. The molecule has 104 valence electrons. The van der Waals surface area contributed by atoms with E-state index in [0.29, 0.717) is 0 Å². The molecule has 0 saturated heterocycles. The van der Waals surface area contributed by atoms with Crippen LogP contribution >= 0.6 is 0 Å².